The van der Waals surface area contributed by atoms with Crippen molar-refractivity contribution < 1.29 is 9.90 Å². The smallest absolute Gasteiger partial charge is 0.308 e. The van der Waals surface area contributed by atoms with E-state index in [1.165, 1.54) is 6.20 Å². The Labute approximate surface area is 104 Å². The lowest BCUT2D eigenvalue weighted by molar-refractivity contribution is -0.142. The molecule has 1 N–H and O–H groups in total. The van der Waals surface area contributed by atoms with Gasteiger partial charge in [0, 0.05) is 12.1 Å². The van der Waals surface area contributed by atoms with Crippen LogP contribution in [0.2, 0.25) is 0 Å². The van der Waals surface area contributed by atoms with Gasteiger partial charge >= 0.3 is 5.97 Å². The summed E-state index contributed by atoms with van der Waals surface area (Å²) in [4.78, 5) is 21.4. The van der Waals surface area contributed by atoms with E-state index in [9.17, 15) is 9.90 Å². The number of nitriles is 1. The van der Waals surface area contributed by atoms with Crippen molar-refractivity contribution in [1.29, 1.82) is 5.26 Å². The zero-order valence-corrected chi connectivity index (χ0v) is 9.65. The van der Waals surface area contributed by atoms with E-state index in [0.717, 1.165) is 12.8 Å². The Morgan fingerprint density at radius 2 is 2.28 bits per heavy atom. The molecule has 6 heteroatoms. The van der Waals surface area contributed by atoms with Crippen LogP contribution in [0.5, 0.6) is 0 Å². The summed E-state index contributed by atoms with van der Waals surface area (Å²) in [5, 5.41) is 17.9. The average Bonchev–Trinajstić information content (AvgIpc) is 2.96. The highest BCUT2D eigenvalue weighted by Gasteiger charge is 2.49. The maximum Gasteiger partial charge on any atom is 0.308 e. The van der Waals surface area contributed by atoms with Crippen molar-refractivity contribution in [2.45, 2.75) is 31.3 Å². The fourth-order valence-corrected chi connectivity index (χ4v) is 3.12. The lowest BCUT2D eigenvalue weighted by Crippen LogP contribution is -2.33. The predicted molar refractivity (Wildman–Crippen MR) is 61.8 cm³/mol. The Balaban J connectivity index is 1.89. The number of aliphatic carboxylic acids is 1. The van der Waals surface area contributed by atoms with Crippen LogP contribution in [0, 0.1) is 17.2 Å². The largest absolute Gasteiger partial charge is 0.481 e. The number of carboxylic acids is 1. The zero-order valence-electron chi connectivity index (χ0n) is 9.65. The number of rotatable bonds is 2. The third-order valence-corrected chi connectivity index (χ3v) is 3.87. The molecule has 3 atom stereocenters. The van der Waals surface area contributed by atoms with Gasteiger partial charge in [-0.25, -0.2) is 9.97 Å². The van der Waals surface area contributed by atoms with Gasteiger partial charge < -0.3 is 10.0 Å². The molecule has 3 rings (SSSR count). The molecule has 2 aliphatic heterocycles. The van der Waals surface area contributed by atoms with Crippen LogP contribution in [0.3, 0.4) is 0 Å². The molecular formula is C12H12N4O2. The highest BCUT2D eigenvalue weighted by atomic mass is 16.4. The summed E-state index contributed by atoms with van der Waals surface area (Å²) in [7, 11) is 0. The van der Waals surface area contributed by atoms with Gasteiger partial charge in [-0.05, 0) is 19.3 Å². The average molecular weight is 244 g/mol. The number of hydrogen-bond donors (Lipinski definition) is 1. The van der Waals surface area contributed by atoms with Crippen LogP contribution in [-0.2, 0) is 4.79 Å². The van der Waals surface area contributed by atoms with E-state index >= 15 is 0 Å². The first kappa shape index (κ1) is 11.0. The molecule has 0 radical (unpaired) electrons. The van der Waals surface area contributed by atoms with Gasteiger partial charge in [0.1, 0.15) is 11.9 Å². The summed E-state index contributed by atoms with van der Waals surface area (Å²) in [5.74, 6) is -0.347. The Bertz CT molecular complexity index is 522. The highest BCUT2D eigenvalue weighted by molar-refractivity contribution is 5.73. The summed E-state index contributed by atoms with van der Waals surface area (Å²) < 4.78 is 0. The fourth-order valence-electron chi connectivity index (χ4n) is 3.12. The van der Waals surface area contributed by atoms with Crippen LogP contribution >= 0.6 is 0 Å². The minimum atomic E-state index is -0.728. The normalized spacial score (nSPS) is 29.3. The number of hydrogen-bond acceptors (Lipinski definition) is 5. The molecule has 0 amide bonds. The quantitative estimate of drug-likeness (QED) is 0.827. The van der Waals surface area contributed by atoms with Crippen LogP contribution in [0.25, 0.3) is 0 Å². The molecule has 2 fully saturated rings. The third kappa shape index (κ3) is 1.51. The van der Waals surface area contributed by atoms with Gasteiger partial charge in [-0.1, -0.05) is 0 Å². The van der Waals surface area contributed by atoms with Gasteiger partial charge in [-0.15, -0.1) is 0 Å². The molecule has 2 bridgehead atoms. The molecule has 0 spiro atoms. The SMILES string of the molecule is N#Cc1cnc(N2C3CCC2C(C(=O)O)C3)cn1. The van der Waals surface area contributed by atoms with Gasteiger partial charge in [0.2, 0.25) is 0 Å². The Morgan fingerprint density at radius 1 is 1.44 bits per heavy atom. The van der Waals surface area contributed by atoms with Crippen molar-refractivity contribution in [3.63, 3.8) is 0 Å². The molecule has 0 aliphatic carbocycles. The molecule has 1 aromatic heterocycles. The second-order valence-corrected chi connectivity index (χ2v) is 4.76. The number of anilines is 1. The number of nitrogens with zero attached hydrogens (tertiary/aromatic N) is 4. The minimum absolute atomic E-state index is 0.0229. The van der Waals surface area contributed by atoms with Crippen LogP contribution in [0.15, 0.2) is 12.4 Å². The van der Waals surface area contributed by atoms with Crippen molar-refractivity contribution in [2.75, 3.05) is 4.90 Å². The van der Waals surface area contributed by atoms with Crippen molar-refractivity contribution in [3.05, 3.63) is 18.1 Å². The van der Waals surface area contributed by atoms with Gasteiger partial charge in [0.05, 0.1) is 18.3 Å². The van der Waals surface area contributed by atoms with E-state index in [-0.39, 0.29) is 23.7 Å². The summed E-state index contributed by atoms with van der Waals surface area (Å²) in [6, 6.07) is 2.19. The van der Waals surface area contributed by atoms with E-state index in [0.29, 0.717) is 12.2 Å². The second kappa shape index (κ2) is 3.95. The molecule has 1 aromatic rings. The molecule has 0 saturated carbocycles. The maximum atomic E-state index is 11.2. The standard InChI is InChI=1S/C12H12N4O2/c13-4-7-5-15-11(6-14-7)16-8-1-2-10(16)9(3-8)12(17)18/h5-6,8-10H,1-3H2,(H,17,18). The van der Waals surface area contributed by atoms with E-state index in [1.54, 1.807) is 6.20 Å². The first-order chi connectivity index (χ1) is 8.70. The molecule has 3 unspecified atom stereocenters. The maximum absolute atomic E-state index is 11.2. The first-order valence-electron chi connectivity index (χ1n) is 5.94. The van der Waals surface area contributed by atoms with Gasteiger partial charge in [0.25, 0.3) is 0 Å². The molecule has 2 saturated heterocycles. The van der Waals surface area contributed by atoms with E-state index < -0.39 is 5.97 Å². The predicted octanol–water partition coefficient (Wildman–Crippen LogP) is 0.790. The molecular weight excluding hydrogens is 232 g/mol. The molecule has 0 aromatic carbocycles. The lowest BCUT2D eigenvalue weighted by Gasteiger charge is -2.23. The second-order valence-electron chi connectivity index (χ2n) is 4.76. The molecule has 18 heavy (non-hydrogen) atoms. The first-order valence-corrected chi connectivity index (χ1v) is 5.94. The monoisotopic (exact) mass is 244 g/mol. The van der Waals surface area contributed by atoms with Crippen molar-refractivity contribution in [2.24, 2.45) is 5.92 Å². The minimum Gasteiger partial charge on any atom is -0.481 e. The van der Waals surface area contributed by atoms with Crippen molar-refractivity contribution in [3.8, 4) is 6.07 Å². The fraction of sp³-hybridized carbons (Fsp3) is 0.500. The summed E-state index contributed by atoms with van der Waals surface area (Å²) in [6.07, 6.45) is 5.58. The van der Waals surface area contributed by atoms with Crippen LogP contribution in [0.4, 0.5) is 5.82 Å². The van der Waals surface area contributed by atoms with Crippen LogP contribution in [-0.4, -0.2) is 33.1 Å². The van der Waals surface area contributed by atoms with Gasteiger partial charge in [0.15, 0.2) is 5.69 Å². The van der Waals surface area contributed by atoms with Gasteiger partial charge in [-0.2, -0.15) is 5.26 Å². The van der Waals surface area contributed by atoms with E-state index in [2.05, 4.69) is 14.9 Å². The third-order valence-electron chi connectivity index (χ3n) is 3.87. The van der Waals surface area contributed by atoms with Crippen molar-refractivity contribution >= 4 is 11.8 Å². The Hall–Kier alpha value is -2.16. The van der Waals surface area contributed by atoms with Crippen LogP contribution < -0.4 is 4.90 Å². The molecule has 3 heterocycles. The van der Waals surface area contributed by atoms with E-state index in [4.69, 9.17) is 5.26 Å². The number of fused-ring (bicyclic) bond motifs is 2. The van der Waals surface area contributed by atoms with E-state index in [1.807, 2.05) is 6.07 Å². The summed E-state index contributed by atoms with van der Waals surface area (Å²) in [6.45, 7) is 0. The zero-order chi connectivity index (χ0) is 12.7. The van der Waals surface area contributed by atoms with Crippen molar-refractivity contribution in [1.82, 2.24) is 9.97 Å². The number of carboxylic acid groups (broad SMARTS) is 1. The highest BCUT2D eigenvalue weighted by Crippen LogP contribution is 2.43. The summed E-state index contributed by atoms with van der Waals surface area (Å²) >= 11 is 0. The Morgan fingerprint density at radius 3 is 2.83 bits per heavy atom. The molecule has 2 aliphatic rings. The molecule has 92 valence electrons. The lowest BCUT2D eigenvalue weighted by atomic mass is 9.89. The Kier molecular flexibility index (Phi) is 2.40. The molecule has 6 nitrogen and oxygen atoms in total. The van der Waals surface area contributed by atoms with Gasteiger partial charge in [-0.3, -0.25) is 4.79 Å². The number of carbonyl (C=O) groups is 1. The topological polar surface area (TPSA) is 90.1 Å². The summed E-state index contributed by atoms with van der Waals surface area (Å²) in [5.41, 5.74) is 0.278. The van der Waals surface area contributed by atoms with Crippen LogP contribution in [0.1, 0.15) is 25.0 Å². The number of aromatic nitrogens is 2.